The van der Waals surface area contributed by atoms with Crippen molar-refractivity contribution in [1.82, 2.24) is 14.9 Å². The van der Waals surface area contributed by atoms with Crippen molar-refractivity contribution in [1.29, 1.82) is 0 Å². The summed E-state index contributed by atoms with van der Waals surface area (Å²) in [6.45, 7) is 2.67. The minimum Gasteiger partial charge on any atom is -0.495 e. The van der Waals surface area contributed by atoms with Gasteiger partial charge in [-0.2, -0.15) is 0 Å². The number of anilines is 2. The number of carbonyl (C=O) groups excluding carboxylic acids is 1. The van der Waals surface area contributed by atoms with Gasteiger partial charge in [0, 0.05) is 37.8 Å². The molecular formula is C33H37N5O4S. The van der Waals surface area contributed by atoms with Crippen LogP contribution in [0.25, 0.3) is 10.9 Å². The molecule has 9 nitrogen and oxygen atoms in total. The molecule has 1 aliphatic heterocycles. The first kappa shape index (κ1) is 28.9. The fraction of sp³-hybridized carbons (Fsp3) is 0.364. The van der Waals surface area contributed by atoms with Gasteiger partial charge in [-0.3, -0.25) is 14.5 Å². The summed E-state index contributed by atoms with van der Waals surface area (Å²) in [4.78, 5) is 26.1. The summed E-state index contributed by atoms with van der Waals surface area (Å²) < 4.78 is 34.7. The molecule has 1 saturated carbocycles. The zero-order valence-corrected chi connectivity index (χ0v) is 25.2. The van der Waals surface area contributed by atoms with Gasteiger partial charge in [-0.05, 0) is 67.1 Å². The van der Waals surface area contributed by atoms with E-state index < -0.39 is 10.0 Å². The van der Waals surface area contributed by atoms with Gasteiger partial charge in [0.05, 0.1) is 30.2 Å². The van der Waals surface area contributed by atoms with Crippen molar-refractivity contribution in [2.75, 3.05) is 42.9 Å². The zero-order chi connectivity index (χ0) is 29.8. The van der Waals surface area contributed by atoms with Gasteiger partial charge >= 0.3 is 0 Å². The van der Waals surface area contributed by atoms with Crippen LogP contribution in [0.5, 0.6) is 5.75 Å². The Hall–Kier alpha value is -4.18. The van der Waals surface area contributed by atoms with Gasteiger partial charge < -0.3 is 14.5 Å². The second kappa shape index (κ2) is 12.6. The van der Waals surface area contributed by atoms with Crippen molar-refractivity contribution >= 4 is 38.2 Å². The summed E-state index contributed by atoms with van der Waals surface area (Å²) in [5.74, 6) is 1.33. The van der Waals surface area contributed by atoms with Crippen molar-refractivity contribution in [3.05, 3.63) is 84.3 Å². The number of nitrogens with zero attached hydrogens (tertiary/aromatic N) is 4. The van der Waals surface area contributed by atoms with E-state index in [4.69, 9.17) is 4.74 Å². The second-order valence-electron chi connectivity index (χ2n) is 11.3. The molecule has 4 aromatic rings. The van der Waals surface area contributed by atoms with Crippen LogP contribution in [0.4, 0.5) is 11.4 Å². The molecule has 2 aromatic carbocycles. The van der Waals surface area contributed by atoms with E-state index in [1.165, 1.54) is 49.9 Å². The molecule has 10 heteroatoms. The Balaban J connectivity index is 1.11. The average Bonchev–Trinajstić information content (AvgIpc) is 3.31. The van der Waals surface area contributed by atoms with Crippen molar-refractivity contribution in [2.24, 2.45) is 0 Å². The molecule has 6 rings (SSSR count). The first-order valence-electron chi connectivity index (χ1n) is 15.0. The molecular weight excluding hydrogens is 562 g/mol. The van der Waals surface area contributed by atoms with Crippen LogP contribution < -0.4 is 14.4 Å². The predicted molar refractivity (Wildman–Crippen MR) is 168 cm³/mol. The van der Waals surface area contributed by atoms with Crippen LogP contribution in [0.3, 0.4) is 0 Å². The first-order chi connectivity index (χ1) is 20.9. The topological polar surface area (TPSA) is 105 Å². The van der Waals surface area contributed by atoms with Gasteiger partial charge in [0.2, 0.25) is 0 Å². The molecule has 43 heavy (non-hydrogen) atoms. The van der Waals surface area contributed by atoms with E-state index in [2.05, 4.69) is 37.8 Å². The van der Waals surface area contributed by atoms with Crippen molar-refractivity contribution in [3.8, 4) is 5.75 Å². The highest BCUT2D eigenvalue weighted by Crippen LogP contribution is 2.38. The van der Waals surface area contributed by atoms with Crippen LogP contribution in [0.2, 0.25) is 0 Å². The largest absolute Gasteiger partial charge is 0.495 e. The number of aromatic nitrogens is 2. The molecule has 2 fully saturated rings. The van der Waals surface area contributed by atoms with E-state index in [9.17, 15) is 13.2 Å². The Bertz CT molecular complexity index is 1700. The highest BCUT2D eigenvalue weighted by atomic mass is 32.2. The number of carbonyl (C=O) groups is 1. The van der Waals surface area contributed by atoms with E-state index in [0.717, 1.165) is 29.8 Å². The number of hydrogen-bond donors (Lipinski definition) is 1. The quantitative estimate of drug-likeness (QED) is 0.285. The summed E-state index contributed by atoms with van der Waals surface area (Å²) in [5, 5.41) is 0.732. The summed E-state index contributed by atoms with van der Waals surface area (Å²) >= 11 is 0. The lowest BCUT2D eigenvalue weighted by molar-refractivity contribution is 0.0761. The fourth-order valence-corrected chi connectivity index (χ4v) is 7.48. The Kier molecular flexibility index (Phi) is 8.47. The number of rotatable bonds is 7. The molecule has 2 aliphatic rings. The molecule has 0 radical (unpaired) electrons. The Labute approximate surface area is 253 Å². The monoisotopic (exact) mass is 599 g/mol. The standard InChI is InChI=1S/C33H37N5O4S/c1-42-30-22-26(24-8-3-2-4-9-24)13-16-29(30)37-18-7-19-38(21-20-37)33(39)28-15-14-27(23-35-28)36-43(40,41)31-12-5-10-25-11-6-17-34-32(25)31/h5-6,10-17,22-24,36H,2-4,7-9,18-21H2,1H3. The van der Waals surface area contributed by atoms with E-state index in [1.54, 1.807) is 37.6 Å². The maximum absolute atomic E-state index is 13.4. The highest BCUT2D eigenvalue weighted by Gasteiger charge is 2.25. The molecule has 1 saturated heterocycles. The number of fused-ring (bicyclic) bond motifs is 1. The van der Waals surface area contributed by atoms with Gasteiger partial charge in [-0.15, -0.1) is 0 Å². The number of pyridine rings is 2. The van der Waals surface area contributed by atoms with Crippen molar-refractivity contribution < 1.29 is 17.9 Å². The van der Waals surface area contributed by atoms with Gasteiger partial charge in [-0.25, -0.2) is 13.4 Å². The van der Waals surface area contributed by atoms with Crippen LogP contribution >= 0.6 is 0 Å². The lowest BCUT2D eigenvalue weighted by Gasteiger charge is -2.27. The smallest absolute Gasteiger partial charge is 0.272 e. The summed E-state index contributed by atoms with van der Waals surface area (Å²) in [6.07, 6.45) is 10.2. The third-order valence-corrected chi connectivity index (χ3v) is 9.94. The van der Waals surface area contributed by atoms with Crippen LogP contribution in [0.1, 0.15) is 60.5 Å². The molecule has 0 atom stereocenters. The number of nitrogens with one attached hydrogen (secondary N) is 1. The maximum atomic E-state index is 13.4. The van der Waals surface area contributed by atoms with Gasteiger partial charge in [0.1, 0.15) is 16.3 Å². The lowest BCUT2D eigenvalue weighted by atomic mass is 9.84. The second-order valence-corrected chi connectivity index (χ2v) is 12.9. The number of ether oxygens (including phenoxy) is 1. The minimum absolute atomic E-state index is 0.0835. The Morgan fingerprint density at radius 2 is 1.74 bits per heavy atom. The SMILES string of the molecule is COc1cc(C2CCCCC2)ccc1N1CCCN(C(=O)c2ccc(NS(=O)(=O)c3cccc4cccnc34)cn2)CC1. The highest BCUT2D eigenvalue weighted by molar-refractivity contribution is 7.93. The van der Waals surface area contributed by atoms with Gasteiger partial charge in [-0.1, -0.05) is 43.5 Å². The fourth-order valence-electron chi connectivity index (χ4n) is 6.25. The first-order valence-corrected chi connectivity index (χ1v) is 16.5. The van der Waals surface area contributed by atoms with E-state index >= 15 is 0 Å². The number of para-hydroxylation sites is 1. The van der Waals surface area contributed by atoms with E-state index in [-0.39, 0.29) is 22.2 Å². The van der Waals surface area contributed by atoms with Crippen LogP contribution in [-0.2, 0) is 10.0 Å². The van der Waals surface area contributed by atoms with Crippen molar-refractivity contribution in [3.63, 3.8) is 0 Å². The molecule has 0 spiro atoms. The summed E-state index contributed by atoms with van der Waals surface area (Å²) in [6, 6.07) is 18.4. The van der Waals surface area contributed by atoms with Gasteiger partial charge in [0.15, 0.2) is 0 Å². The third kappa shape index (κ3) is 6.29. The third-order valence-electron chi connectivity index (χ3n) is 8.52. The van der Waals surface area contributed by atoms with Crippen LogP contribution in [0.15, 0.2) is 78.0 Å². The zero-order valence-electron chi connectivity index (χ0n) is 24.4. The summed E-state index contributed by atoms with van der Waals surface area (Å²) in [7, 11) is -2.18. The number of hydrogen-bond acceptors (Lipinski definition) is 7. The van der Waals surface area contributed by atoms with E-state index in [0.29, 0.717) is 31.1 Å². The lowest BCUT2D eigenvalue weighted by Crippen LogP contribution is -2.35. The van der Waals surface area contributed by atoms with Crippen molar-refractivity contribution in [2.45, 2.75) is 49.3 Å². The average molecular weight is 600 g/mol. The molecule has 0 bridgehead atoms. The summed E-state index contributed by atoms with van der Waals surface area (Å²) in [5.41, 5.74) is 3.36. The Morgan fingerprint density at radius 1 is 0.907 bits per heavy atom. The molecule has 2 aromatic heterocycles. The Morgan fingerprint density at radius 3 is 2.53 bits per heavy atom. The molecule has 1 aliphatic carbocycles. The molecule has 224 valence electrons. The number of benzene rings is 2. The van der Waals surface area contributed by atoms with Crippen LogP contribution in [-0.4, -0.2) is 62.5 Å². The minimum atomic E-state index is -3.91. The van der Waals surface area contributed by atoms with E-state index in [1.807, 2.05) is 17.0 Å². The molecule has 3 heterocycles. The van der Waals surface area contributed by atoms with Crippen LogP contribution in [0, 0.1) is 0 Å². The molecule has 1 amide bonds. The predicted octanol–water partition coefficient (Wildman–Crippen LogP) is 5.84. The van der Waals surface area contributed by atoms with Gasteiger partial charge in [0.25, 0.3) is 15.9 Å². The number of amides is 1. The number of sulfonamides is 1. The molecule has 0 unspecified atom stereocenters. The number of methoxy groups -OCH3 is 1. The normalized spacial score (nSPS) is 16.6. The molecule has 1 N–H and O–H groups in total. The maximum Gasteiger partial charge on any atom is 0.272 e.